The largest absolute Gasteiger partial charge is 0.368 e. The summed E-state index contributed by atoms with van der Waals surface area (Å²) in [6.45, 7) is 2.05. The standard InChI is InChI=1S/C23H26F2N4O/c1-2-15-6-3-4-7-18(15)23(30)27-17-12-10-16(11-13-17)26-20-8-5-9-21-28-19(22(24)25)14-29(20)21/h3-9,14,16-17,22,26H,2,10-13H2,1H3,(H,27,30). The topological polar surface area (TPSA) is 58.4 Å². The molecular weight excluding hydrogens is 386 g/mol. The van der Waals surface area contributed by atoms with E-state index in [1.165, 1.54) is 6.20 Å². The van der Waals surface area contributed by atoms with Crippen molar-refractivity contribution >= 4 is 17.4 Å². The molecule has 0 radical (unpaired) electrons. The van der Waals surface area contributed by atoms with E-state index >= 15 is 0 Å². The molecule has 1 fully saturated rings. The van der Waals surface area contributed by atoms with Gasteiger partial charge in [-0.25, -0.2) is 13.8 Å². The lowest BCUT2D eigenvalue weighted by Gasteiger charge is -2.30. The number of nitrogens with one attached hydrogen (secondary N) is 2. The van der Waals surface area contributed by atoms with Crippen molar-refractivity contribution in [3.8, 4) is 0 Å². The fourth-order valence-corrected chi connectivity index (χ4v) is 4.16. The molecule has 0 aliphatic heterocycles. The van der Waals surface area contributed by atoms with Crippen LogP contribution in [-0.2, 0) is 6.42 Å². The van der Waals surface area contributed by atoms with Crippen LogP contribution in [0.4, 0.5) is 14.6 Å². The lowest BCUT2D eigenvalue weighted by molar-refractivity contribution is 0.0925. The van der Waals surface area contributed by atoms with Crippen LogP contribution < -0.4 is 10.6 Å². The summed E-state index contributed by atoms with van der Waals surface area (Å²) in [5.41, 5.74) is 2.10. The van der Waals surface area contributed by atoms with E-state index in [2.05, 4.69) is 15.6 Å². The number of rotatable bonds is 6. The van der Waals surface area contributed by atoms with E-state index in [1.54, 1.807) is 10.5 Å². The molecule has 158 valence electrons. The number of hydrogen-bond donors (Lipinski definition) is 2. The second kappa shape index (κ2) is 8.81. The highest BCUT2D eigenvalue weighted by atomic mass is 19.3. The molecule has 0 unspecified atom stereocenters. The molecule has 4 rings (SSSR count). The highest BCUT2D eigenvalue weighted by Crippen LogP contribution is 2.25. The van der Waals surface area contributed by atoms with Crippen molar-refractivity contribution < 1.29 is 13.6 Å². The van der Waals surface area contributed by atoms with E-state index in [0.29, 0.717) is 5.65 Å². The van der Waals surface area contributed by atoms with E-state index in [9.17, 15) is 13.6 Å². The summed E-state index contributed by atoms with van der Waals surface area (Å²) >= 11 is 0. The molecule has 0 saturated heterocycles. The predicted octanol–water partition coefficient (Wildman–Crippen LogP) is 4.99. The highest BCUT2D eigenvalue weighted by Gasteiger charge is 2.24. The number of nitrogens with zero attached hydrogens (tertiary/aromatic N) is 2. The third-order valence-electron chi connectivity index (χ3n) is 5.79. The Hall–Kier alpha value is -2.96. The van der Waals surface area contributed by atoms with Crippen LogP contribution in [0.2, 0.25) is 0 Å². The number of carbonyl (C=O) groups is 1. The van der Waals surface area contributed by atoms with Crippen molar-refractivity contribution in [3.63, 3.8) is 0 Å². The number of hydrogen-bond acceptors (Lipinski definition) is 3. The maximum Gasteiger partial charge on any atom is 0.281 e. The van der Waals surface area contributed by atoms with Crippen molar-refractivity contribution in [2.24, 2.45) is 0 Å². The van der Waals surface area contributed by atoms with Crippen molar-refractivity contribution in [2.45, 2.75) is 57.5 Å². The fourth-order valence-electron chi connectivity index (χ4n) is 4.16. The molecule has 30 heavy (non-hydrogen) atoms. The fraction of sp³-hybridized carbons (Fsp3) is 0.391. The zero-order chi connectivity index (χ0) is 21.1. The van der Waals surface area contributed by atoms with Gasteiger partial charge in [-0.05, 0) is 55.9 Å². The molecule has 1 saturated carbocycles. The average Bonchev–Trinajstić information content (AvgIpc) is 3.21. The van der Waals surface area contributed by atoms with E-state index in [4.69, 9.17) is 0 Å². The summed E-state index contributed by atoms with van der Waals surface area (Å²) in [6.07, 6.45) is 3.17. The van der Waals surface area contributed by atoms with E-state index in [0.717, 1.165) is 49.0 Å². The third-order valence-corrected chi connectivity index (χ3v) is 5.79. The Bertz CT molecular complexity index is 1020. The first kappa shape index (κ1) is 20.3. The number of imidazole rings is 1. The number of anilines is 1. The van der Waals surface area contributed by atoms with Gasteiger partial charge in [0.15, 0.2) is 0 Å². The van der Waals surface area contributed by atoms with Crippen LogP contribution in [0.1, 0.15) is 60.6 Å². The van der Waals surface area contributed by atoms with Gasteiger partial charge in [0.2, 0.25) is 0 Å². The van der Waals surface area contributed by atoms with Gasteiger partial charge in [-0.15, -0.1) is 0 Å². The Morgan fingerprint density at radius 3 is 2.57 bits per heavy atom. The van der Waals surface area contributed by atoms with Crippen molar-refractivity contribution in [3.05, 3.63) is 65.5 Å². The average molecular weight is 412 g/mol. The number of aromatic nitrogens is 2. The van der Waals surface area contributed by atoms with E-state index in [1.807, 2.05) is 43.3 Å². The first-order valence-electron chi connectivity index (χ1n) is 10.5. The highest BCUT2D eigenvalue weighted by molar-refractivity contribution is 5.95. The Labute approximate surface area is 174 Å². The van der Waals surface area contributed by atoms with E-state index < -0.39 is 6.43 Å². The van der Waals surface area contributed by atoms with Crippen LogP contribution >= 0.6 is 0 Å². The van der Waals surface area contributed by atoms with Gasteiger partial charge in [-0.2, -0.15) is 0 Å². The molecule has 1 aromatic carbocycles. The second-order valence-corrected chi connectivity index (χ2v) is 7.78. The first-order valence-corrected chi connectivity index (χ1v) is 10.5. The van der Waals surface area contributed by atoms with Crippen LogP contribution in [0.15, 0.2) is 48.7 Å². The lowest BCUT2D eigenvalue weighted by Crippen LogP contribution is -2.40. The minimum atomic E-state index is -2.59. The summed E-state index contributed by atoms with van der Waals surface area (Å²) in [6, 6.07) is 13.5. The molecule has 2 heterocycles. The van der Waals surface area contributed by atoms with Crippen molar-refractivity contribution in [1.29, 1.82) is 0 Å². The van der Waals surface area contributed by atoms with Gasteiger partial charge in [0, 0.05) is 23.8 Å². The first-order chi connectivity index (χ1) is 14.5. The maximum absolute atomic E-state index is 13.0. The minimum absolute atomic E-state index is 0.00780. The second-order valence-electron chi connectivity index (χ2n) is 7.78. The molecule has 7 heteroatoms. The van der Waals surface area contributed by atoms with Crippen LogP contribution in [0.25, 0.3) is 5.65 Å². The number of pyridine rings is 1. The van der Waals surface area contributed by atoms with Crippen LogP contribution in [0.3, 0.4) is 0 Å². The van der Waals surface area contributed by atoms with Crippen LogP contribution in [-0.4, -0.2) is 27.4 Å². The number of amides is 1. The Morgan fingerprint density at radius 1 is 1.10 bits per heavy atom. The molecule has 3 aromatic rings. The molecule has 2 N–H and O–H groups in total. The predicted molar refractivity (Wildman–Crippen MR) is 113 cm³/mol. The minimum Gasteiger partial charge on any atom is -0.368 e. The molecular formula is C23H26F2N4O. The van der Waals surface area contributed by atoms with Crippen LogP contribution in [0, 0.1) is 0 Å². The summed E-state index contributed by atoms with van der Waals surface area (Å²) < 4.78 is 27.6. The monoisotopic (exact) mass is 412 g/mol. The Morgan fingerprint density at radius 2 is 1.83 bits per heavy atom. The number of benzene rings is 1. The summed E-state index contributed by atoms with van der Waals surface area (Å²) in [5, 5.41) is 6.64. The Kier molecular flexibility index (Phi) is 5.97. The third kappa shape index (κ3) is 4.30. The summed E-state index contributed by atoms with van der Waals surface area (Å²) in [4.78, 5) is 16.6. The molecule has 1 aliphatic rings. The smallest absolute Gasteiger partial charge is 0.281 e. The van der Waals surface area contributed by atoms with Crippen molar-refractivity contribution in [1.82, 2.24) is 14.7 Å². The summed E-state index contributed by atoms with van der Waals surface area (Å²) in [5.74, 6) is 0.753. The van der Waals surface area contributed by atoms with Gasteiger partial charge >= 0.3 is 0 Å². The molecule has 0 atom stereocenters. The van der Waals surface area contributed by atoms with E-state index in [-0.39, 0.29) is 23.7 Å². The van der Waals surface area contributed by atoms with Gasteiger partial charge in [0.25, 0.3) is 12.3 Å². The number of fused-ring (bicyclic) bond motifs is 1. The number of aryl methyl sites for hydroxylation is 1. The van der Waals surface area contributed by atoms with Gasteiger partial charge in [-0.1, -0.05) is 31.2 Å². The quantitative estimate of drug-likeness (QED) is 0.600. The Balaban J connectivity index is 1.36. The summed E-state index contributed by atoms with van der Waals surface area (Å²) in [7, 11) is 0. The molecule has 1 amide bonds. The maximum atomic E-state index is 13.0. The molecule has 0 spiro atoms. The molecule has 2 aromatic heterocycles. The molecule has 5 nitrogen and oxygen atoms in total. The molecule has 0 bridgehead atoms. The molecule has 1 aliphatic carbocycles. The van der Waals surface area contributed by atoms with Crippen LogP contribution in [0.5, 0.6) is 0 Å². The zero-order valence-electron chi connectivity index (χ0n) is 16.9. The van der Waals surface area contributed by atoms with Crippen molar-refractivity contribution in [2.75, 3.05) is 5.32 Å². The van der Waals surface area contributed by atoms with Gasteiger partial charge < -0.3 is 10.6 Å². The van der Waals surface area contributed by atoms with Gasteiger partial charge in [0.1, 0.15) is 17.2 Å². The van der Waals surface area contributed by atoms with Gasteiger partial charge in [-0.3, -0.25) is 9.20 Å². The number of halogens is 2. The SMILES string of the molecule is CCc1ccccc1C(=O)NC1CCC(Nc2cccc3nc(C(F)F)cn23)CC1. The lowest BCUT2D eigenvalue weighted by atomic mass is 9.90. The normalized spacial score (nSPS) is 19.2. The zero-order valence-corrected chi connectivity index (χ0v) is 16.9. The number of alkyl halides is 2. The number of carbonyl (C=O) groups excluding carboxylic acids is 1. The van der Waals surface area contributed by atoms with Gasteiger partial charge in [0.05, 0.1) is 0 Å².